The van der Waals surface area contributed by atoms with E-state index in [4.69, 9.17) is 26.8 Å². The van der Waals surface area contributed by atoms with Crippen molar-refractivity contribution in [3.05, 3.63) is 34.9 Å². The highest BCUT2D eigenvalue weighted by Crippen LogP contribution is 2.24. The summed E-state index contributed by atoms with van der Waals surface area (Å²) in [4.78, 5) is 20.2. The van der Waals surface area contributed by atoms with Gasteiger partial charge in [-0.05, 0) is 12.1 Å². The van der Waals surface area contributed by atoms with Crippen molar-refractivity contribution in [1.82, 2.24) is 9.97 Å². The minimum atomic E-state index is -0.484. The van der Waals surface area contributed by atoms with Crippen LogP contribution < -0.4 is 20.5 Å². The van der Waals surface area contributed by atoms with Crippen molar-refractivity contribution < 1.29 is 14.3 Å². The van der Waals surface area contributed by atoms with E-state index in [0.717, 1.165) is 0 Å². The van der Waals surface area contributed by atoms with Gasteiger partial charge in [0.05, 0.1) is 36.6 Å². The fraction of sp³-hybridized carbons (Fsp3) is 0.154. The van der Waals surface area contributed by atoms with Crippen LogP contribution in [0.2, 0.25) is 5.02 Å². The van der Waals surface area contributed by atoms with Gasteiger partial charge in [0.15, 0.2) is 0 Å². The highest BCUT2D eigenvalue weighted by atomic mass is 35.5. The molecular weight excluding hydrogens is 296 g/mol. The molecule has 3 N–H and O–H groups in total. The first-order chi connectivity index (χ1) is 10.0. The summed E-state index contributed by atoms with van der Waals surface area (Å²) in [5.74, 6) is 0.0731. The summed E-state index contributed by atoms with van der Waals surface area (Å²) in [6.45, 7) is 0. The van der Waals surface area contributed by atoms with Gasteiger partial charge in [-0.3, -0.25) is 10.1 Å². The average Bonchev–Trinajstić information content (AvgIpc) is 2.49. The van der Waals surface area contributed by atoms with E-state index in [-0.39, 0.29) is 28.3 Å². The number of anilines is 2. The molecule has 0 unspecified atom stereocenters. The minimum absolute atomic E-state index is 0.0368. The highest BCUT2D eigenvalue weighted by molar-refractivity contribution is 6.36. The van der Waals surface area contributed by atoms with Crippen molar-refractivity contribution in [2.75, 3.05) is 25.3 Å². The highest BCUT2D eigenvalue weighted by Gasteiger charge is 2.15. The predicted molar refractivity (Wildman–Crippen MR) is 79.0 cm³/mol. The van der Waals surface area contributed by atoms with Crippen molar-refractivity contribution in [2.24, 2.45) is 0 Å². The molecule has 0 fully saturated rings. The summed E-state index contributed by atoms with van der Waals surface area (Å²) in [6.07, 6.45) is 0. The molecule has 0 aliphatic carbocycles. The number of hydrogen-bond acceptors (Lipinski definition) is 6. The number of nitrogens with one attached hydrogen (secondary N) is 1. The van der Waals surface area contributed by atoms with E-state index in [1.54, 1.807) is 18.2 Å². The van der Waals surface area contributed by atoms with Crippen LogP contribution in [-0.2, 0) is 0 Å². The summed E-state index contributed by atoms with van der Waals surface area (Å²) < 4.78 is 10.00. The molecule has 1 heterocycles. The van der Waals surface area contributed by atoms with E-state index in [9.17, 15) is 4.79 Å². The Bertz CT molecular complexity index is 656. The number of nitrogen functional groups attached to an aromatic ring is 1. The molecule has 8 heteroatoms. The second-order valence-electron chi connectivity index (χ2n) is 3.94. The predicted octanol–water partition coefficient (Wildman–Crippen LogP) is 1.98. The van der Waals surface area contributed by atoms with Gasteiger partial charge in [-0.15, -0.1) is 0 Å². The molecule has 7 nitrogen and oxygen atoms in total. The molecule has 0 bridgehead atoms. The van der Waals surface area contributed by atoms with Crippen LogP contribution in [0.5, 0.6) is 11.8 Å². The lowest BCUT2D eigenvalue weighted by Crippen LogP contribution is -2.15. The zero-order valence-corrected chi connectivity index (χ0v) is 12.1. The monoisotopic (exact) mass is 308 g/mol. The van der Waals surface area contributed by atoms with Gasteiger partial charge in [-0.1, -0.05) is 17.7 Å². The van der Waals surface area contributed by atoms with Crippen LogP contribution in [0.25, 0.3) is 0 Å². The third-order valence-electron chi connectivity index (χ3n) is 2.60. The van der Waals surface area contributed by atoms with Gasteiger partial charge in [-0.2, -0.15) is 9.97 Å². The molecular formula is C13H13ClN4O3. The second-order valence-corrected chi connectivity index (χ2v) is 4.32. The van der Waals surface area contributed by atoms with Crippen LogP contribution in [0.3, 0.4) is 0 Å². The lowest BCUT2D eigenvalue weighted by atomic mass is 10.2. The molecule has 1 amide bonds. The third kappa shape index (κ3) is 3.32. The van der Waals surface area contributed by atoms with Gasteiger partial charge >= 0.3 is 0 Å². The topological polar surface area (TPSA) is 99.4 Å². The van der Waals surface area contributed by atoms with Gasteiger partial charge in [0.2, 0.25) is 17.7 Å². The molecule has 0 aliphatic heterocycles. The zero-order valence-electron chi connectivity index (χ0n) is 11.4. The Hall–Kier alpha value is -2.54. The van der Waals surface area contributed by atoms with Crippen LogP contribution in [-0.4, -0.2) is 30.1 Å². The number of ether oxygens (including phenoxy) is 2. The van der Waals surface area contributed by atoms with E-state index in [1.165, 1.54) is 20.3 Å². The van der Waals surface area contributed by atoms with Crippen molar-refractivity contribution in [3.63, 3.8) is 0 Å². The number of nitrogens with two attached hydrogens (primary N) is 1. The number of halogens is 1. The summed E-state index contributed by atoms with van der Waals surface area (Å²) in [7, 11) is 2.89. The van der Waals surface area contributed by atoms with Crippen molar-refractivity contribution in [1.29, 1.82) is 0 Å². The quantitative estimate of drug-likeness (QED) is 0.838. The molecule has 1 aromatic carbocycles. The second kappa shape index (κ2) is 6.27. The zero-order chi connectivity index (χ0) is 15.4. The number of amides is 1. The fourth-order valence-electron chi connectivity index (χ4n) is 1.56. The van der Waals surface area contributed by atoms with Gasteiger partial charge in [0, 0.05) is 0 Å². The standard InChI is InChI=1S/C13H13ClN4O3/c1-20-9-6-10(21-2)17-13(16-9)18-12(19)7-4-3-5-8(15)11(7)14/h3-6H,15H2,1-2H3,(H,16,17,18,19). The molecule has 1 aromatic heterocycles. The molecule has 21 heavy (non-hydrogen) atoms. The Labute approximate surface area is 126 Å². The summed E-state index contributed by atoms with van der Waals surface area (Å²) >= 11 is 6.00. The maximum Gasteiger partial charge on any atom is 0.259 e. The molecule has 0 saturated carbocycles. The number of carbonyl (C=O) groups is 1. The Morgan fingerprint density at radius 1 is 1.24 bits per heavy atom. The van der Waals surface area contributed by atoms with E-state index in [0.29, 0.717) is 5.69 Å². The average molecular weight is 309 g/mol. The molecule has 0 saturated heterocycles. The maximum atomic E-state index is 12.2. The Morgan fingerprint density at radius 3 is 2.43 bits per heavy atom. The van der Waals surface area contributed by atoms with Crippen LogP contribution >= 0.6 is 11.6 Å². The van der Waals surface area contributed by atoms with Gasteiger partial charge in [0.25, 0.3) is 5.91 Å². The summed E-state index contributed by atoms with van der Waals surface area (Å²) in [5.41, 5.74) is 6.20. The SMILES string of the molecule is COc1cc(OC)nc(NC(=O)c2cccc(N)c2Cl)n1. The van der Waals surface area contributed by atoms with E-state index >= 15 is 0 Å². The summed E-state index contributed by atoms with van der Waals surface area (Å²) in [5, 5.41) is 2.69. The van der Waals surface area contributed by atoms with Crippen LogP contribution in [0.4, 0.5) is 11.6 Å². The van der Waals surface area contributed by atoms with Crippen molar-refractivity contribution in [3.8, 4) is 11.8 Å². The van der Waals surface area contributed by atoms with Gasteiger partial charge < -0.3 is 15.2 Å². The van der Waals surface area contributed by atoms with Crippen molar-refractivity contribution in [2.45, 2.75) is 0 Å². The molecule has 110 valence electrons. The minimum Gasteiger partial charge on any atom is -0.481 e. The Balaban J connectivity index is 2.29. The van der Waals surface area contributed by atoms with E-state index < -0.39 is 5.91 Å². The lowest BCUT2D eigenvalue weighted by molar-refractivity contribution is 0.102. The molecule has 2 aromatic rings. The number of hydrogen-bond donors (Lipinski definition) is 2. The molecule has 0 spiro atoms. The number of rotatable bonds is 4. The summed E-state index contributed by atoms with van der Waals surface area (Å²) in [6, 6.07) is 6.27. The first-order valence-corrected chi connectivity index (χ1v) is 6.25. The van der Waals surface area contributed by atoms with Crippen LogP contribution in [0, 0.1) is 0 Å². The largest absolute Gasteiger partial charge is 0.481 e. The number of aromatic nitrogens is 2. The Kier molecular flexibility index (Phi) is 4.44. The molecule has 2 rings (SSSR count). The number of benzene rings is 1. The number of methoxy groups -OCH3 is 2. The smallest absolute Gasteiger partial charge is 0.259 e. The number of carbonyl (C=O) groups excluding carboxylic acids is 1. The van der Waals surface area contributed by atoms with Gasteiger partial charge in [0.1, 0.15) is 0 Å². The first-order valence-electron chi connectivity index (χ1n) is 5.87. The maximum absolute atomic E-state index is 12.2. The lowest BCUT2D eigenvalue weighted by Gasteiger charge is -2.09. The molecule has 0 aliphatic rings. The van der Waals surface area contributed by atoms with Crippen molar-refractivity contribution >= 4 is 29.1 Å². The van der Waals surface area contributed by atoms with E-state index in [2.05, 4.69) is 15.3 Å². The van der Waals surface area contributed by atoms with Crippen LogP contribution in [0.1, 0.15) is 10.4 Å². The van der Waals surface area contributed by atoms with E-state index in [1.807, 2.05) is 0 Å². The Morgan fingerprint density at radius 2 is 1.86 bits per heavy atom. The first kappa shape index (κ1) is 14.9. The normalized spacial score (nSPS) is 10.0. The molecule has 0 atom stereocenters. The number of nitrogens with zero attached hydrogens (tertiary/aromatic N) is 2. The molecule has 0 radical (unpaired) electrons. The van der Waals surface area contributed by atoms with Crippen LogP contribution in [0.15, 0.2) is 24.3 Å². The third-order valence-corrected chi connectivity index (χ3v) is 3.02. The van der Waals surface area contributed by atoms with Gasteiger partial charge in [-0.25, -0.2) is 0 Å². The fourth-order valence-corrected chi connectivity index (χ4v) is 1.77.